The number of halogens is 2. The maximum atomic E-state index is 13.0. The molecule has 3 aromatic rings. The third kappa shape index (κ3) is 7.38. The highest BCUT2D eigenvalue weighted by Gasteiger charge is 2.25. The molecule has 0 bridgehead atoms. The van der Waals surface area contributed by atoms with Crippen molar-refractivity contribution in [2.45, 2.75) is 44.9 Å². The van der Waals surface area contributed by atoms with Crippen LogP contribution in [0.5, 0.6) is 5.75 Å². The number of methoxy groups -OCH3 is 1. The van der Waals surface area contributed by atoms with Gasteiger partial charge in [0.2, 0.25) is 5.91 Å². The Kier molecular flexibility index (Phi) is 10.0. The fourth-order valence-electron chi connectivity index (χ4n) is 3.57. The monoisotopic (exact) mass is 549 g/mol. The minimum atomic E-state index is -0.390. The van der Waals surface area contributed by atoms with Crippen LogP contribution in [0.15, 0.2) is 47.6 Å². The molecule has 2 N–H and O–H groups in total. The minimum Gasteiger partial charge on any atom is -0.497 e. The first-order chi connectivity index (χ1) is 17.2. The van der Waals surface area contributed by atoms with Gasteiger partial charge in [0.05, 0.1) is 29.5 Å². The molecule has 192 valence electrons. The number of aromatic nitrogens is 3. The van der Waals surface area contributed by atoms with Gasteiger partial charge in [-0.1, -0.05) is 48.8 Å². The fraction of sp³-hybridized carbons (Fsp3) is 0.360. The molecule has 0 aliphatic rings. The number of anilines is 1. The van der Waals surface area contributed by atoms with Gasteiger partial charge in [-0.25, -0.2) is 0 Å². The van der Waals surface area contributed by atoms with Crippen molar-refractivity contribution < 1.29 is 14.3 Å². The zero-order chi connectivity index (χ0) is 26.2. The topological polar surface area (TPSA) is 98.1 Å². The molecule has 0 saturated heterocycles. The van der Waals surface area contributed by atoms with Crippen LogP contribution in [0.3, 0.4) is 0 Å². The molecule has 0 aliphatic heterocycles. The van der Waals surface area contributed by atoms with Crippen LogP contribution in [0.4, 0.5) is 5.69 Å². The Hall–Kier alpha value is -2.75. The van der Waals surface area contributed by atoms with Gasteiger partial charge in [0, 0.05) is 17.3 Å². The first-order valence-electron chi connectivity index (χ1n) is 11.5. The summed E-state index contributed by atoms with van der Waals surface area (Å²) in [5.74, 6) is 1.30. The van der Waals surface area contributed by atoms with Crippen LogP contribution >= 0.6 is 35.0 Å². The van der Waals surface area contributed by atoms with Crippen LogP contribution in [0.2, 0.25) is 10.0 Å². The molecular weight excluding hydrogens is 521 g/mol. The van der Waals surface area contributed by atoms with Crippen LogP contribution in [-0.2, 0) is 11.3 Å². The van der Waals surface area contributed by atoms with Crippen molar-refractivity contribution in [1.29, 1.82) is 0 Å². The second-order valence-corrected chi connectivity index (χ2v) is 10.2. The van der Waals surface area contributed by atoms with Crippen molar-refractivity contribution in [1.82, 2.24) is 20.1 Å². The first-order valence-corrected chi connectivity index (χ1v) is 13.2. The van der Waals surface area contributed by atoms with Gasteiger partial charge >= 0.3 is 0 Å². The number of carbonyl (C=O) groups excluding carboxylic acids is 2. The van der Waals surface area contributed by atoms with Gasteiger partial charge in [0.25, 0.3) is 5.91 Å². The van der Waals surface area contributed by atoms with Gasteiger partial charge in [-0.05, 0) is 61.7 Å². The zero-order valence-electron chi connectivity index (χ0n) is 20.5. The largest absolute Gasteiger partial charge is 0.497 e. The van der Waals surface area contributed by atoms with Gasteiger partial charge in [0.15, 0.2) is 11.0 Å². The van der Waals surface area contributed by atoms with Crippen LogP contribution in [0, 0.1) is 5.92 Å². The summed E-state index contributed by atoms with van der Waals surface area (Å²) < 4.78 is 7.06. The Labute approximate surface area is 225 Å². The van der Waals surface area contributed by atoms with Crippen LogP contribution in [0.1, 0.15) is 49.4 Å². The number of rotatable bonds is 11. The van der Waals surface area contributed by atoms with E-state index in [9.17, 15) is 9.59 Å². The van der Waals surface area contributed by atoms with E-state index in [1.54, 1.807) is 43.5 Å². The van der Waals surface area contributed by atoms with E-state index in [-0.39, 0.29) is 34.5 Å². The van der Waals surface area contributed by atoms with Crippen molar-refractivity contribution in [3.63, 3.8) is 0 Å². The minimum absolute atomic E-state index is 0.158. The molecule has 3 rings (SSSR count). The summed E-state index contributed by atoms with van der Waals surface area (Å²) in [6.45, 7) is 6.69. The zero-order valence-corrected chi connectivity index (χ0v) is 22.9. The summed E-state index contributed by atoms with van der Waals surface area (Å²) in [6, 6.07) is 11.5. The number of amides is 2. The van der Waals surface area contributed by atoms with E-state index in [0.29, 0.717) is 46.0 Å². The van der Waals surface area contributed by atoms with E-state index in [4.69, 9.17) is 27.9 Å². The highest BCUT2D eigenvalue weighted by molar-refractivity contribution is 7.99. The van der Waals surface area contributed by atoms with Gasteiger partial charge in [-0.3, -0.25) is 9.59 Å². The van der Waals surface area contributed by atoms with Gasteiger partial charge in [-0.15, -0.1) is 10.2 Å². The lowest BCUT2D eigenvalue weighted by Crippen LogP contribution is -2.31. The van der Waals surface area contributed by atoms with E-state index in [2.05, 4.69) is 34.7 Å². The SMILES string of the molecule is CCn1c(SCC(=O)Nc2ccc(OC)cc2)nnc1[C@H](CC(C)C)NC(=O)c1ccc(Cl)cc1Cl. The number of nitrogens with one attached hydrogen (secondary N) is 2. The number of nitrogens with zero attached hydrogens (tertiary/aromatic N) is 3. The molecule has 1 aromatic heterocycles. The van der Waals surface area contributed by atoms with E-state index in [1.807, 2.05) is 11.5 Å². The molecule has 0 aliphatic carbocycles. The van der Waals surface area contributed by atoms with E-state index >= 15 is 0 Å². The molecule has 1 atom stereocenters. The van der Waals surface area contributed by atoms with E-state index in [0.717, 1.165) is 0 Å². The van der Waals surface area contributed by atoms with Gasteiger partial charge in [-0.2, -0.15) is 0 Å². The van der Waals surface area contributed by atoms with Gasteiger partial charge < -0.3 is 19.9 Å². The van der Waals surface area contributed by atoms with Crippen molar-refractivity contribution >= 4 is 52.5 Å². The Morgan fingerprint density at radius 2 is 1.83 bits per heavy atom. The predicted molar refractivity (Wildman–Crippen MR) is 144 cm³/mol. The summed E-state index contributed by atoms with van der Waals surface area (Å²) in [5, 5.41) is 15.9. The van der Waals surface area contributed by atoms with Crippen LogP contribution < -0.4 is 15.4 Å². The molecule has 0 radical (unpaired) electrons. The number of benzene rings is 2. The molecule has 2 aromatic carbocycles. The van der Waals surface area contributed by atoms with Gasteiger partial charge in [0.1, 0.15) is 5.75 Å². The Morgan fingerprint density at radius 3 is 2.44 bits per heavy atom. The molecule has 1 heterocycles. The van der Waals surface area contributed by atoms with Crippen molar-refractivity contribution in [3.8, 4) is 5.75 Å². The average molecular weight is 551 g/mol. The first kappa shape index (κ1) is 27.8. The predicted octanol–water partition coefficient (Wildman–Crippen LogP) is 5.86. The summed E-state index contributed by atoms with van der Waals surface area (Å²) >= 11 is 13.5. The Bertz CT molecular complexity index is 1200. The molecular formula is C25H29Cl2N5O3S. The highest BCUT2D eigenvalue weighted by atomic mass is 35.5. The van der Waals surface area contributed by atoms with E-state index in [1.165, 1.54) is 17.8 Å². The highest BCUT2D eigenvalue weighted by Crippen LogP contribution is 2.27. The summed E-state index contributed by atoms with van der Waals surface area (Å²) in [7, 11) is 1.59. The molecule has 8 nitrogen and oxygen atoms in total. The maximum absolute atomic E-state index is 13.0. The molecule has 36 heavy (non-hydrogen) atoms. The number of carbonyl (C=O) groups is 2. The molecule has 2 amide bonds. The number of thioether (sulfide) groups is 1. The van der Waals surface area contributed by atoms with E-state index < -0.39 is 0 Å². The number of ether oxygens (including phenoxy) is 1. The number of hydrogen-bond donors (Lipinski definition) is 2. The summed E-state index contributed by atoms with van der Waals surface area (Å²) in [5.41, 5.74) is 1.02. The Balaban J connectivity index is 1.72. The number of hydrogen-bond acceptors (Lipinski definition) is 6. The van der Waals surface area contributed by atoms with Crippen molar-refractivity contribution in [2.24, 2.45) is 5.92 Å². The van der Waals surface area contributed by atoms with Crippen LogP contribution in [0.25, 0.3) is 0 Å². The quantitative estimate of drug-likeness (QED) is 0.290. The lowest BCUT2D eigenvalue weighted by atomic mass is 10.0. The smallest absolute Gasteiger partial charge is 0.253 e. The molecule has 11 heteroatoms. The lowest BCUT2D eigenvalue weighted by molar-refractivity contribution is -0.113. The molecule has 0 unspecified atom stereocenters. The second kappa shape index (κ2) is 13.0. The lowest BCUT2D eigenvalue weighted by Gasteiger charge is -2.21. The molecule has 0 spiro atoms. The summed E-state index contributed by atoms with van der Waals surface area (Å²) in [4.78, 5) is 25.5. The maximum Gasteiger partial charge on any atom is 0.253 e. The Morgan fingerprint density at radius 1 is 1.11 bits per heavy atom. The second-order valence-electron chi connectivity index (χ2n) is 8.43. The van der Waals surface area contributed by atoms with Crippen molar-refractivity contribution in [3.05, 3.63) is 63.9 Å². The average Bonchev–Trinajstić information content (AvgIpc) is 3.25. The third-order valence-corrected chi connectivity index (χ3v) is 6.78. The standard InChI is InChI=1S/C25H29Cl2N5O3S/c1-5-32-23(21(12-15(2)3)29-24(34)19-11-6-16(26)13-20(19)27)30-31-25(32)36-14-22(33)28-17-7-9-18(35-4)10-8-17/h6-11,13,15,21H,5,12,14H2,1-4H3,(H,28,33)(H,29,34)/t21-/m0/s1. The molecule has 0 fully saturated rings. The summed E-state index contributed by atoms with van der Waals surface area (Å²) in [6.07, 6.45) is 0.651. The molecule has 0 saturated carbocycles. The normalized spacial score (nSPS) is 11.9. The fourth-order valence-corrected chi connectivity index (χ4v) is 4.88. The van der Waals surface area contributed by atoms with Crippen molar-refractivity contribution in [2.75, 3.05) is 18.2 Å². The third-order valence-electron chi connectivity index (χ3n) is 5.27. The van der Waals surface area contributed by atoms with Crippen LogP contribution in [-0.4, -0.2) is 39.4 Å².